The summed E-state index contributed by atoms with van der Waals surface area (Å²) < 4.78 is 0. The van der Waals surface area contributed by atoms with Crippen LogP contribution in [0.5, 0.6) is 0 Å². The van der Waals surface area contributed by atoms with Gasteiger partial charge >= 0.3 is 0 Å². The maximum Gasteiger partial charge on any atom is 0.0161 e. The molecule has 2 bridgehead atoms. The first-order chi connectivity index (χ1) is 5.59. The zero-order valence-corrected chi connectivity index (χ0v) is 8.19. The molecule has 3 aliphatic rings. The fraction of sp³-hybridized carbons (Fsp3) is 1.00. The van der Waals surface area contributed by atoms with E-state index in [-0.39, 0.29) is 0 Å². The second-order valence-electron chi connectivity index (χ2n) is 5.91. The summed E-state index contributed by atoms with van der Waals surface area (Å²) in [4.78, 5) is 0. The van der Waals surface area contributed by atoms with Gasteiger partial charge in [0.05, 0.1) is 0 Å². The van der Waals surface area contributed by atoms with Crippen LogP contribution in [0.3, 0.4) is 0 Å². The summed E-state index contributed by atoms with van der Waals surface area (Å²) in [6, 6.07) is 0. The predicted molar refractivity (Wildman–Crippen MR) is 50.0 cm³/mol. The average molecular weight is 165 g/mol. The van der Waals surface area contributed by atoms with Crippen molar-refractivity contribution in [3.8, 4) is 0 Å². The van der Waals surface area contributed by atoms with Crippen molar-refractivity contribution in [2.45, 2.75) is 57.0 Å². The van der Waals surface area contributed by atoms with E-state index in [1.165, 1.54) is 32.1 Å². The van der Waals surface area contributed by atoms with Crippen molar-refractivity contribution < 1.29 is 0 Å². The van der Waals surface area contributed by atoms with Gasteiger partial charge in [-0.1, -0.05) is 0 Å². The van der Waals surface area contributed by atoms with Crippen molar-refractivity contribution >= 4 is 0 Å². The van der Waals surface area contributed by atoms with Crippen LogP contribution < -0.4 is 5.32 Å². The third kappa shape index (κ3) is 0.953. The second kappa shape index (κ2) is 1.89. The lowest BCUT2D eigenvalue weighted by atomic mass is 9.87. The summed E-state index contributed by atoms with van der Waals surface area (Å²) in [5, 5.41) is 3.87. The van der Waals surface area contributed by atoms with Crippen LogP contribution in [0.25, 0.3) is 0 Å². The van der Waals surface area contributed by atoms with Gasteiger partial charge < -0.3 is 5.32 Å². The molecule has 3 unspecified atom stereocenters. The Morgan fingerprint density at radius 3 is 2.00 bits per heavy atom. The molecule has 0 radical (unpaired) electrons. The minimum atomic E-state index is 0.505. The summed E-state index contributed by atoms with van der Waals surface area (Å²) >= 11 is 0. The molecule has 2 saturated heterocycles. The molecule has 12 heavy (non-hydrogen) atoms. The zero-order valence-electron chi connectivity index (χ0n) is 8.19. The fourth-order valence-corrected chi connectivity index (χ4v) is 3.68. The Bertz CT molecular complexity index is 203. The molecular formula is C11H19N. The Morgan fingerprint density at radius 2 is 1.50 bits per heavy atom. The molecule has 0 aromatic heterocycles. The van der Waals surface area contributed by atoms with E-state index in [9.17, 15) is 0 Å². The predicted octanol–water partition coefficient (Wildman–Crippen LogP) is 2.32. The molecule has 2 heterocycles. The van der Waals surface area contributed by atoms with Crippen molar-refractivity contribution in [1.82, 2.24) is 5.32 Å². The molecule has 1 heteroatoms. The number of hydrogen-bond donors (Lipinski definition) is 1. The monoisotopic (exact) mass is 165 g/mol. The van der Waals surface area contributed by atoms with Crippen LogP contribution in [-0.2, 0) is 0 Å². The van der Waals surface area contributed by atoms with E-state index < -0.39 is 0 Å². The highest BCUT2D eigenvalue weighted by molar-refractivity contribution is 5.11. The molecule has 68 valence electrons. The lowest BCUT2D eigenvalue weighted by Gasteiger charge is -2.29. The number of hydrogen-bond acceptors (Lipinski definition) is 1. The van der Waals surface area contributed by atoms with Crippen molar-refractivity contribution in [3.63, 3.8) is 0 Å². The van der Waals surface area contributed by atoms with Crippen molar-refractivity contribution in [2.24, 2.45) is 11.8 Å². The minimum Gasteiger partial charge on any atom is -0.306 e. The first kappa shape index (κ1) is 7.37. The molecular weight excluding hydrogens is 146 g/mol. The molecule has 1 saturated carbocycles. The highest BCUT2D eigenvalue weighted by atomic mass is 15.1. The minimum absolute atomic E-state index is 0.505. The van der Waals surface area contributed by atoms with Gasteiger partial charge in [0.25, 0.3) is 0 Å². The zero-order chi connectivity index (χ0) is 8.40. The van der Waals surface area contributed by atoms with Gasteiger partial charge in [-0.05, 0) is 57.8 Å². The van der Waals surface area contributed by atoms with Crippen LogP contribution in [-0.4, -0.2) is 11.1 Å². The SMILES string of the molecule is CC12CCC(C)(C[C@@H]3CC3C1)N2. The molecule has 4 atom stereocenters. The normalized spacial score (nSPS) is 62.5. The molecule has 2 aliphatic heterocycles. The summed E-state index contributed by atoms with van der Waals surface area (Å²) in [7, 11) is 0. The quantitative estimate of drug-likeness (QED) is 0.581. The third-order valence-corrected chi connectivity index (χ3v) is 4.33. The Morgan fingerprint density at radius 1 is 1.00 bits per heavy atom. The van der Waals surface area contributed by atoms with Gasteiger partial charge in [-0.3, -0.25) is 0 Å². The van der Waals surface area contributed by atoms with Crippen LogP contribution in [0, 0.1) is 11.8 Å². The van der Waals surface area contributed by atoms with E-state index in [1.807, 2.05) is 0 Å². The fourth-order valence-electron chi connectivity index (χ4n) is 3.68. The lowest BCUT2D eigenvalue weighted by molar-refractivity contribution is 0.313. The van der Waals surface area contributed by atoms with Crippen LogP contribution in [0.4, 0.5) is 0 Å². The number of fused-ring (bicyclic) bond motifs is 3. The highest BCUT2D eigenvalue weighted by Crippen LogP contribution is 2.55. The van der Waals surface area contributed by atoms with E-state index in [0.717, 1.165) is 11.8 Å². The lowest BCUT2D eigenvalue weighted by Crippen LogP contribution is -2.46. The maximum atomic E-state index is 3.87. The van der Waals surface area contributed by atoms with Crippen LogP contribution in [0.1, 0.15) is 46.0 Å². The standard InChI is InChI=1S/C11H19N/c1-10-3-4-11(2,12-10)7-9-5-8(9)6-10/h8-9,12H,3-7H2,1-2H3/t8-,9?,10?,11?/m0/s1. The van der Waals surface area contributed by atoms with Crippen molar-refractivity contribution in [3.05, 3.63) is 0 Å². The summed E-state index contributed by atoms with van der Waals surface area (Å²) in [6.07, 6.45) is 7.26. The Kier molecular flexibility index (Phi) is 1.16. The van der Waals surface area contributed by atoms with E-state index in [4.69, 9.17) is 0 Å². The Balaban J connectivity index is 1.92. The van der Waals surface area contributed by atoms with E-state index in [1.54, 1.807) is 0 Å². The van der Waals surface area contributed by atoms with Crippen LogP contribution in [0.15, 0.2) is 0 Å². The molecule has 1 N–H and O–H groups in total. The second-order valence-corrected chi connectivity index (χ2v) is 5.91. The van der Waals surface area contributed by atoms with E-state index in [0.29, 0.717) is 11.1 Å². The molecule has 0 spiro atoms. The summed E-state index contributed by atoms with van der Waals surface area (Å²) in [5.74, 6) is 2.18. The third-order valence-electron chi connectivity index (χ3n) is 4.33. The topological polar surface area (TPSA) is 12.0 Å². The van der Waals surface area contributed by atoms with Crippen molar-refractivity contribution in [1.29, 1.82) is 0 Å². The number of rotatable bonds is 0. The summed E-state index contributed by atoms with van der Waals surface area (Å²) in [6.45, 7) is 4.86. The summed E-state index contributed by atoms with van der Waals surface area (Å²) in [5.41, 5.74) is 1.01. The van der Waals surface area contributed by atoms with Crippen LogP contribution >= 0.6 is 0 Å². The average Bonchev–Trinajstić information content (AvgIpc) is 2.53. The molecule has 3 fully saturated rings. The van der Waals surface area contributed by atoms with Gasteiger partial charge in [-0.25, -0.2) is 0 Å². The molecule has 0 aromatic carbocycles. The molecule has 1 nitrogen and oxygen atoms in total. The first-order valence-corrected chi connectivity index (χ1v) is 5.38. The van der Waals surface area contributed by atoms with Crippen molar-refractivity contribution in [2.75, 3.05) is 0 Å². The largest absolute Gasteiger partial charge is 0.306 e. The number of nitrogens with one attached hydrogen (secondary N) is 1. The van der Waals surface area contributed by atoms with Gasteiger partial charge in [-0.15, -0.1) is 0 Å². The Labute approximate surface area is 74.9 Å². The van der Waals surface area contributed by atoms with Gasteiger partial charge in [0.15, 0.2) is 0 Å². The van der Waals surface area contributed by atoms with Crippen LogP contribution in [0.2, 0.25) is 0 Å². The Hall–Kier alpha value is -0.0400. The molecule has 0 amide bonds. The van der Waals surface area contributed by atoms with Gasteiger partial charge in [0.2, 0.25) is 0 Å². The van der Waals surface area contributed by atoms with Gasteiger partial charge in [0.1, 0.15) is 0 Å². The molecule has 0 aromatic rings. The van der Waals surface area contributed by atoms with Gasteiger partial charge in [-0.2, -0.15) is 0 Å². The first-order valence-electron chi connectivity index (χ1n) is 5.38. The van der Waals surface area contributed by atoms with E-state index >= 15 is 0 Å². The smallest absolute Gasteiger partial charge is 0.0161 e. The maximum absolute atomic E-state index is 3.87. The highest BCUT2D eigenvalue weighted by Gasteiger charge is 2.53. The molecule has 3 rings (SSSR count). The van der Waals surface area contributed by atoms with Gasteiger partial charge in [0, 0.05) is 11.1 Å². The van der Waals surface area contributed by atoms with E-state index in [2.05, 4.69) is 19.2 Å². The molecule has 1 aliphatic carbocycles.